The number of rotatable bonds is 11. The standard InChI is InChI=1S/C16H27NO4/c1-4-20-16-12-14(11-13(2)17)5-6-15(16)21-10-9-19-8-7-18-3/h5-6,12-13H,4,7-11,17H2,1-3H3. The highest BCUT2D eigenvalue weighted by atomic mass is 16.5. The molecule has 0 heterocycles. The quantitative estimate of drug-likeness (QED) is 0.633. The molecule has 0 spiro atoms. The van der Waals surface area contributed by atoms with Gasteiger partial charge in [0.05, 0.1) is 26.4 Å². The summed E-state index contributed by atoms with van der Waals surface area (Å²) in [7, 11) is 1.65. The van der Waals surface area contributed by atoms with Gasteiger partial charge in [0, 0.05) is 13.2 Å². The van der Waals surface area contributed by atoms with Crippen molar-refractivity contribution in [3.8, 4) is 11.5 Å². The molecule has 5 heteroatoms. The molecule has 1 aromatic carbocycles. The van der Waals surface area contributed by atoms with E-state index in [4.69, 9.17) is 24.7 Å². The van der Waals surface area contributed by atoms with E-state index in [2.05, 4.69) is 0 Å². The van der Waals surface area contributed by atoms with Crippen molar-refractivity contribution in [2.45, 2.75) is 26.3 Å². The van der Waals surface area contributed by atoms with E-state index in [0.29, 0.717) is 33.0 Å². The largest absolute Gasteiger partial charge is 0.490 e. The van der Waals surface area contributed by atoms with Crippen LogP contribution in [0.4, 0.5) is 0 Å². The zero-order valence-electron chi connectivity index (χ0n) is 13.3. The van der Waals surface area contributed by atoms with Crippen molar-refractivity contribution in [2.75, 3.05) is 40.1 Å². The van der Waals surface area contributed by atoms with Crippen LogP contribution in [0.5, 0.6) is 11.5 Å². The molecule has 0 radical (unpaired) electrons. The molecule has 21 heavy (non-hydrogen) atoms. The molecule has 0 aliphatic rings. The summed E-state index contributed by atoms with van der Waals surface area (Å²) in [4.78, 5) is 0. The van der Waals surface area contributed by atoms with Crippen LogP contribution in [0, 0.1) is 0 Å². The summed E-state index contributed by atoms with van der Waals surface area (Å²) in [6, 6.07) is 6.07. The molecule has 0 aliphatic heterocycles. The molecule has 1 unspecified atom stereocenters. The number of benzene rings is 1. The number of nitrogens with two attached hydrogens (primary N) is 1. The van der Waals surface area contributed by atoms with Gasteiger partial charge in [-0.2, -0.15) is 0 Å². The van der Waals surface area contributed by atoms with Gasteiger partial charge >= 0.3 is 0 Å². The van der Waals surface area contributed by atoms with Gasteiger partial charge < -0.3 is 24.7 Å². The molecule has 2 N–H and O–H groups in total. The summed E-state index contributed by atoms with van der Waals surface area (Å²) in [5.74, 6) is 1.49. The zero-order valence-corrected chi connectivity index (χ0v) is 13.3. The SMILES string of the molecule is CCOc1cc(CC(C)N)ccc1OCCOCCOC. The van der Waals surface area contributed by atoms with E-state index in [1.807, 2.05) is 32.0 Å². The van der Waals surface area contributed by atoms with E-state index < -0.39 is 0 Å². The number of hydrogen-bond donors (Lipinski definition) is 1. The van der Waals surface area contributed by atoms with Crippen LogP contribution in [0.1, 0.15) is 19.4 Å². The highest BCUT2D eigenvalue weighted by Crippen LogP contribution is 2.28. The molecule has 0 saturated heterocycles. The Bertz CT molecular complexity index is 396. The second-order valence-electron chi connectivity index (χ2n) is 4.85. The summed E-state index contributed by atoms with van der Waals surface area (Å²) >= 11 is 0. The Labute approximate surface area is 127 Å². The Morgan fingerprint density at radius 2 is 1.81 bits per heavy atom. The summed E-state index contributed by atoms with van der Waals surface area (Å²) in [6.07, 6.45) is 0.820. The van der Waals surface area contributed by atoms with Crippen molar-refractivity contribution >= 4 is 0 Å². The monoisotopic (exact) mass is 297 g/mol. The first-order valence-electron chi connectivity index (χ1n) is 7.38. The van der Waals surface area contributed by atoms with Gasteiger partial charge in [0.2, 0.25) is 0 Å². The molecule has 0 aromatic heterocycles. The molecule has 0 fully saturated rings. The molecular weight excluding hydrogens is 270 g/mol. The maximum Gasteiger partial charge on any atom is 0.161 e. The van der Waals surface area contributed by atoms with Crippen molar-refractivity contribution in [2.24, 2.45) is 5.73 Å². The Morgan fingerprint density at radius 3 is 2.48 bits per heavy atom. The molecule has 0 bridgehead atoms. The minimum absolute atomic E-state index is 0.125. The molecule has 1 aromatic rings. The smallest absolute Gasteiger partial charge is 0.161 e. The molecule has 120 valence electrons. The average Bonchev–Trinajstić information content (AvgIpc) is 2.44. The van der Waals surface area contributed by atoms with E-state index >= 15 is 0 Å². The normalized spacial score (nSPS) is 12.2. The van der Waals surface area contributed by atoms with E-state index in [1.54, 1.807) is 7.11 Å². The Hall–Kier alpha value is -1.30. The van der Waals surface area contributed by atoms with Crippen molar-refractivity contribution in [1.29, 1.82) is 0 Å². The van der Waals surface area contributed by atoms with Gasteiger partial charge in [-0.05, 0) is 38.0 Å². The van der Waals surface area contributed by atoms with E-state index in [0.717, 1.165) is 23.5 Å². The minimum atomic E-state index is 0.125. The van der Waals surface area contributed by atoms with Crippen LogP contribution in [0.3, 0.4) is 0 Å². The van der Waals surface area contributed by atoms with Crippen LogP contribution in [0.25, 0.3) is 0 Å². The highest BCUT2D eigenvalue weighted by molar-refractivity contribution is 5.43. The Kier molecular flexibility index (Phi) is 8.82. The Morgan fingerprint density at radius 1 is 1.05 bits per heavy atom. The third-order valence-electron chi connectivity index (χ3n) is 2.78. The van der Waals surface area contributed by atoms with Gasteiger partial charge in [0.25, 0.3) is 0 Å². The molecule has 5 nitrogen and oxygen atoms in total. The summed E-state index contributed by atoms with van der Waals surface area (Å²) in [5.41, 5.74) is 6.98. The fourth-order valence-corrected chi connectivity index (χ4v) is 1.89. The molecule has 0 saturated carbocycles. The van der Waals surface area contributed by atoms with Gasteiger partial charge in [-0.15, -0.1) is 0 Å². The lowest BCUT2D eigenvalue weighted by Gasteiger charge is -2.14. The van der Waals surface area contributed by atoms with Crippen LogP contribution in [-0.2, 0) is 15.9 Å². The maximum atomic E-state index is 5.83. The van der Waals surface area contributed by atoms with Crippen LogP contribution in [0.2, 0.25) is 0 Å². The predicted octanol–water partition coefficient (Wildman–Crippen LogP) is 2.02. The summed E-state index contributed by atoms with van der Waals surface area (Å²) < 4.78 is 21.6. The van der Waals surface area contributed by atoms with Gasteiger partial charge in [-0.25, -0.2) is 0 Å². The van der Waals surface area contributed by atoms with Crippen LogP contribution < -0.4 is 15.2 Å². The first-order valence-corrected chi connectivity index (χ1v) is 7.38. The molecular formula is C16H27NO4. The zero-order chi connectivity index (χ0) is 15.5. The average molecular weight is 297 g/mol. The summed E-state index contributed by atoms with van der Waals surface area (Å²) in [6.45, 7) is 6.72. The first-order chi connectivity index (χ1) is 10.2. The number of methoxy groups -OCH3 is 1. The molecule has 0 amide bonds. The third-order valence-corrected chi connectivity index (χ3v) is 2.78. The van der Waals surface area contributed by atoms with Crippen molar-refractivity contribution in [1.82, 2.24) is 0 Å². The second kappa shape index (κ2) is 10.4. The predicted molar refractivity (Wildman–Crippen MR) is 83.2 cm³/mol. The molecule has 1 rings (SSSR count). The minimum Gasteiger partial charge on any atom is -0.490 e. The van der Waals surface area contributed by atoms with E-state index in [1.165, 1.54) is 0 Å². The van der Waals surface area contributed by atoms with E-state index in [-0.39, 0.29) is 6.04 Å². The van der Waals surface area contributed by atoms with Gasteiger partial charge in [-0.3, -0.25) is 0 Å². The lowest BCUT2D eigenvalue weighted by molar-refractivity contribution is 0.0539. The number of ether oxygens (including phenoxy) is 4. The van der Waals surface area contributed by atoms with Gasteiger partial charge in [0.15, 0.2) is 11.5 Å². The lowest BCUT2D eigenvalue weighted by Crippen LogP contribution is -2.17. The Balaban J connectivity index is 2.51. The lowest BCUT2D eigenvalue weighted by atomic mass is 10.1. The maximum absolute atomic E-state index is 5.83. The van der Waals surface area contributed by atoms with Crippen LogP contribution in [0.15, 0.2) is 18.2 Å². The molecule has 0 aliphatic carbocycles. The first kappa shape index (κ1) is 17.8. The van der Waals surface area contributed by atoms with E-state index in [9.17, 15) is 0 Å². The van der Waals surface area contributed by atoms with Crippen molar-refractivity contribution in [3.63, 3.8) is 0 Å². The fourth-order valence-electron chi connectivity index (χ4n) is 1.89. The molecule has 1 atom stereocenters. The highest BCUT2D eigenvalue weighted by Gasteiger charge is 2.08. The van der Waals surface area contributed by atoms with Crippen LogP contribution >= 0.6 is 0 Å². The van der Waals surface area contributed by atoms with Crippen molar-refractivity contribution in [3.05, 3.63) is 23.8 Å². The summed E-state index contributed by atoms with van der Waals surface area (Å²) in [5, 5.41) is 0. The van der Waals surface area contributed by atoms with Gasteiger partial charge in [-0.1, -0.05) is 6.07 Å². The van der Waals surface area contributed by atoms with Gasteiger partial charge in [0.1, 0.15) is 6.61 Å². The number of hydrogen-bond acceptors (Lipinski definition) is 5. The topological polar surface area (TPSA) is 62.9 Å². The van der Waals surface area contributed by atoms with Crippen molar-refractivity contribution < 1.29 is 18.9 Å². The second-order valence-corrected chi connectivity index (χ2v) is 4.85. The fraction of sp³-hybridized carbons (Fsp3) is 0.625. The van der Waals surface area contributed by atoms with Crippen LogP contribution in [-0.4, -0.2) is 46.2 Å². The third kappa shape index (κ3) is 7.32.